The Balaban J connectivity index is 2.11. The summed E-state index contributed by atoms with van der Waals surface area (Å²) in [5.41, 5.74) is 9.64. The van der Waals surface area contributed by atoms with Gasteiger partial charge in [-0.1, -0.05) is 12.1 Å². The predicted molar refractivity (Wildman–Crippen MR) is 79.4 cm³/mol. The molecule has 0 aromatic heterocycles. The molecule has 1 aliphatic heterocycles. The second-order valence-electron chi connectivity index (χ2n) is 5.24. The van der Waals surface area contributed by atoms with Crippen molar-refractivity contribution in [2.45, 2.75) is 19.9 Å². The fourth-order valence-electron chi connectivity index (χ4n) is 2.72. The SMILES string of the molecule is Cc1ccc(CN)c(N2CCCN(CCO)CC2)c1. The second-order valence-corrected chi connectivity index (χ2v) is 5.24. The number of aliphatic hydroxyl groups is 1. The lowest BCUT2D eigenvalue weighted by Gasteiger charge is -2.26. The van der Waals surface area contributed by atoms with Crippen molar-refractivity contribution in [2.24, 2.45) is 5.73 Å². The summed E-state index contributed by atoms with van der Waals surface area (Å²) in [7, 11) is 0. The Bertz CT molecular complexity index is 408. The molecule has 0 atom stereocenters. The van der Waals surface area contributed by atoms with E-state index in [1.807, 2.05) is 0 Å². The number of β-amino-alcohol motifs (C(OH)–C–C–N with tert-alkyl or cyclic N) is 1. The first-order chi connectivity index (χ1) is 9.24. The van der Waals surface area contributed by atoms with Crippen molar-refractivity contribution in [3.8, 4) is 0 Å². The predicted octanol–water partition coefficient (Wildman–Crippen LogP) is 0.958. The maximum Gasteiger partial charge on any atom is 0.0558 e. The van der Waals surface area contributed by atoms with Crippen molar-refractivity contribution < 1.29 is 5.11 Å². The van der Waals surface area contributed by atoms with Gasteiger partial charge < -0.3 is 15.7 Å². The number of rotatable bonds is 4. The first kappa shape index (κ1) is 14.3. The summed E-state index contributed by atoms with van der Waals surface area (Å²) >= 11 is 0. The van der Waals surface area contributed by atoms with Crippen molar-refractivity contribution >= 4 is 5.69 Å². The van der Waals surface area contributed by atoms with Crippen molar-refractivity contribution in [3.63, 3.8) is 0 Å². The Morgan fingerprint density at radius 1 is 1.21 bits per heavy atom. The van der Waals surface area contributed by atoms with Crippen LogP contribution in [0.15, 0.2) is 18.2 Å². The lowest BCUT2D eigenvalue weighted by molar-refractivity contribution is 0.204. The Morgan fingerprint density at radius 3 is 2.79 bits per heavy atom. The van der Waals surface area contributed by atoms with E-state index in [1.54, 1.807) is 0 Å². The summed E-state index contributed by atoms with van der Waals surface area (Å²) < 4.78 is 0. The third-order valence-corrected chi connectivity index (χ3v) is 3.81. The highest BCUT2D eigenvalue weighted by molar-refractivity contribution is 5.55. The summed E-state index contributed by atoms with van der Waals surface area (Å²) in [6, 6.07) is 6.51. The highest BCUT2D eigenvalue weighted by Crippen LogP contribution is 2.23. The van der Waals surface area contributed by atoms with E-state index in [0.29, 0.717) is 6.54 Å². The van der Waals surface area contributed by atoms with E-state index in [9.17, 15) is 0 Å². The quantitative estimate of drug-likeness (QED) is 0.849. The number of aliphatic hydroxyl groups excluding tert-OH is 1. The van der Waals surface area contributed by atoms with Crippen LogP contribution in [0.2, 0.25) is 0 Å². The molecule has 4 heteroatoms. The smallest absolute Gasteiger partial charge is 0.0558 e. The van der Waals surface area contributed by atoms with E-state index >= 15 is 0 Å². The van der Waals surface area contributed by atoms with Crippen molar-refractivity contribution in [1.82, 2.24) is 4.90 Å². The van der Waals surface area contributed by atoms with Crippen LogP contribution < -0.4 is 10.6 Å². The van der Waals surface area contributed by atoms with Crippen LogP contribution in [0.25, 0.3) is 0 Å². The van der Waals surface area contributed by atoms with Crippen LogP contribution in [0.5, 0.6) is 0 Å². The van der Waals surface area contributed by atoms with E-state index in [0.717, 1.165) is 39.1 Å². The van der Waals surface area contributed by atoms with Crippen LogP contribution in [-0.2, 0) is 6.54 Å². The Morgan fingerprint density at radius 2 is 2.05 bits per heavy atom. The minimum Gasteiger partial charge on any atom is -0.395 e. The molecule has 1 heterocycles. The normalized spacial score (nSPS) is 17.5. The molecule has 1 aromatic carbocycles. The van der Waals surface area contributed by atoms with E-state index in [1.165, 1.54) is 16.8 Å². The molecular weight excluding hydrogens is 238 g/mol. The van der Waals surface area contributed by atoms with Gasteiger partial charge in [0, 0.05) is 38.4 Å². The maximum atomic E-state index is 9.04. The zero-order chi connectivity index (χ0) is 13.7. The zero-order valence-corrected chi connectivity index (χ0v) is 11.8. The topological polar surface area (TPSA) is 52.7 Å². The number of hydrogen-bond acceptors (Lipinski definition) is 4. The molecule has 0 spiro atoms. The number of hydrogen-bond donors (Lipinski definition) is 2. The molecule has 19 heavy (non-hydrogen) atoms. The van der Waals surface area contributed by atoms with Gasteiger partial charge in [0.1, 0.15) is 0 Å². The summed E-state index contributed by atoms with van der Waals surface area (Å²) in [6.07, 6.45) is 1.14. The lowest BCUT2D eigenvalue weighted by atomic mass is 10.1. The van der Waals surface area contributed by atoms with Gasteiger partial charge in [-0.05, 0) is 37.1 Å². The molecule has 1 aliphatic rings. The molecule has 1 saturated heterocycles. The van der Waals surface area contributed by atoms with Gasteiger partial charge in [0.2, 0.25) is 0 Å². The highest BCUT2D eigenvalue weighted by atomic mass is 16.3. The third kappa shape index (κ3) is 3.69. The van der Waals surface area contributed by atoms with Gasteiger partial charge in [-0.15, -0.1) is 0 Å². The van der Waals surface area contributed by atoms with Crippen molar-refractivity contribution in [1.29, 1.82) is 0 Å². The number of benzene rings is 1. The molecule has 1 aromatic rings. The molecule has 0 bridgehead atoms. The third-order valence-electron chi connectivity index (χ3n) is 3.81. The maximum absolute atomic E-state index is 9.04. The molecule has 106 valence electrons. The molecule has 0 amide bonds. The van der Waals surface area contributed by atoms with Gasteiger partial charge in [0.05, 0.1) is 6.61 Å². The standard InChI is InChI=1S/C15H25N3O/c1-13-3-4-14(12-16)15(11-13)18-6-2-5-17(7-8-18)9-10-19/h3-4,11,19H,2,5-10,12,16H2,1H3. The Hall–Kier alpha value is -1.10. The molecule has 2 rings (SSSR count). The summed E-state index contributed by atoms with van der Waals surface area (Å²) in [6.45, 7) is 7.91. The lowest BCUT2D eigenvalue weighted by Crippen LogP contribution is -2.32. The van der Waals surface area contributed by atoms with Gasteiger partial charge in [0.15, 0.2) is 0 Å². The fourth-order valence-corrected chi connectivity index (χ4v) is 2.72. The van der Waals surface area contributed by atoms with Crippen molar-refractivity contribution in [3.05, 3.63) is 29.3 Å². The van der Waals surface area contributed by atoms with Gasteiger partial charge in [-0.25, -0.2) is 0 Å². The Labute approximate surface area is 115 Å². The van der Waals surface area contributed by atoms with E-state index in [2.05, 4.69) is 34.9 Å². The minimum absolute atomic E-state index is 0.249. The highest BCUT2D eigenvalue weighted by Gasteiger charge is 2.16. The number of nitrogens with two attached hydrogens (primary N) is 1. The van der Waals surface area contributed by atoms with Crippen LogP contribution in [0.4, 0.5) is 5.69 Å². The molecule has 3 N–H and O–H groups in total. The summed E-state index contributed by atoms with van der Waals surface area (Å²) in [4.78, 5) is 4.77. The molecular formula is C15H25N3O. The van der Waals surface area contributed by atoms with Crippen LogP contribution in [0, 0.1) is 6.92 Å². The first-order valence-electron chi connectivity index (χ1n) is 7.12. The first-order valence-corrected chi connectivity index (χ1v) is 7.12. The molecule has 0 radical (unpaired) electrons. The van der Waals surface area contributed by atoms with Gasteiger partial charge in [-0.2, -0.15) is 0 Å². The van der Waals surface area contributed by atoms with E-state index in [-0.39, 0.29) is 6.61 Å². The zero-order valence-electron chi connectivity index (χ0n) is 11.8. The van der Waals surface area contributed by atoms with Crippen molar-refractivity contribution in [2.75, 3.05) is 44.2 Å². The number of aryl methyl sites for hydroxylation is 1. The summed E-state index contributed by atoms with van der Waals surface area (Å²) in [5.74, 6) is 0. The molecule has 0 aliphatic carbocycles. The fraction of sp³-hybridized carbons (Fsp3) is 0.600. The van der Waals surface area contributed by atoms with Crippen LogP contribution in [0.1, 0.15) is 17.5 Å². The van der Waals surface area contributed by atoms with Gasteiger partial charge >= 0.3 is 0 Å². The summed E-state index contributed by atoms with van der Waals surface area (Å²) in [5, 5.41) is 9.04. The molecule has 4 nitrogen and oxygen atoms in total. The van der Waals surface area contributed by atoms with Crippen LogP contribution >= 0.6 is 0 Å². The molecule has 0 saturated carbocycles. The van der Waals surface area contributed by atoms with Gasteiger partial charge in [-0.3, -0.25) is 4.90 Å². The average Bonchev–Trinajstić information content (AvgIpc) is 2.65. The minimum atomic E-state index is 0.249. The van der Waals surface area contributed by atoms with E-state index in [4.69, 9.17) is 10.8 Å². The molecule has 0 unspecified atom stereocenters. The molecule has 1 fully saturated rings. The van der Waals surface area contributed by atoms with Crippen LogP contribution in [-0.4, -0.2) is 49.3 Å². The monoisotopic (exact) mass is 263 g/mol. The second kappa shape index (κ2) is 6.89. The average molecular weight is 263 g/mol. The number of nitrogens with zero attached hydrogens (tertiary/aromatic N) is 2. The van der Waals surface area contributed by atoms with Gasteiger partial charge in [0.25, 0.3) is 0 Å². The Kier molecular flexibility index (Phi) is 5.19. The van der Waals surface area contributed by atoms with Crippen LogP contribution in [0.3, 0.4) is 0 Å². The largest absolute Gasteiger partial charge is 0.395 e. The number of anilines is 1. The van der Waals surface area contributed by atoms with E-state index < -0.39 is 0 Å².